The van der Waals surface area contributed by atoms with Crippen molar-refractivity contribution in [2.45, 2.75) is 6.61 Å². The molecule has 0 aliphatic rings. The summed E-state index contributed by atoms with van der Waals surface area (Å²) in [6, 6.07) is 24.9. The van der Waals surface area contributed by atoms with E-state index in [4.69, 9.17) is 25.8 Å². The van der Waals surface area contributed by atoms with E-state index >= 15 is 0 Å². The van der Waals surface area contributed by atoms with Crippen LogP contribution < -0.4 is 19.6 Å². The molecule has 8 heteroatoms. The molecule has 178 valence electrons. The van der Waals surface area contributed by atoms with Gasteiger partial charge in [0.25, 0.3) is 5.91 Å². The van der Waals surface area contributed by atoms with Crippen LogP contribution in [0.5, 0.6) is 17.2 Å². The third-order valence-corrected chi connectivity index (χ3v) is 6.14. The number of carbonyl (C=O) groups excluding carboxylic acids is 1. The van der Waals surface area contributed by atoms with Crippen LogP contribution in [0, 0.1) is 3.57 Å². The molecule has 1 amide bonds. The predicted octanol–water partition coefficient (Wildman–Crippen LogP) is 6.21. The van der Waals surface area contributed by atoms with E-state index in [2.05, 4.69) is 57.4 Å². The highest BCUT2D eigenvalue weighted by Gasteiger charge is 2.12. The Morgan fingerprint density at radius 3 is 2.60 bits per heavy atom. The van der Waals surface area contributed by atoms with Crippen LogP contribution in [0.3, 0.4) is 0 Å². The number of nitrogens with one attached hydrogen (secondary N) is 1. The van der Waals surface area contributed by atoms with Crippen molar-refractivity contribution in [3.63, 3.8) is 0 Å². The summed E-state index contributed by atoms with van der Waals surface area (Å²) in [5.41, 5.74) is 4.30. The summed E-state index contributed by atoms with van der Waals surface area (Å²) in [4.78, 5) is 12.0. The molecule has 0 fully saturated rings. The average Bonchev–Trinajstić information content (AvgIpc) is 2.87. The number of carbonyl (C=O) groups is 1. The molecule has 0 aliphatic heterocycles. The number of methoxy groups -OCH3 is 1. The Kier molecular flexibility index (Phi) is 8.44. The van der Waals surface area contributed by atoms with Gasteiger partial charge in [-0.15, -0.1) is 0 Å². The smallest absolute Gasteiger partial charge is 0.277 e. The van der Waals surface area contributed by atoms with Gasteiger partial charge in [0, 0.05) is 5.02 Å². The van der Waals surface area contributed by atoms with Gasteiger partial charge in [-0.05, 0) is 80.9 Å². The number of nitrogens with zero attached hydrogens (tertiary/aromatic N) is 1. The molecule has 0 spiro atoms. The lowest BCUT2D eigenvalue weighted by atomic mass is 10.1. The van der Waals surface area contributed by atoms with Crippen molar-refractivity contribution in [3.05, 3.63) is 98.6 Å². The summed E-state index contributed by atoms with van der Waals surface area (Å²) in [6.45, 7) is 0.242. The summed E-state index contributed by atoms with van der Waals surface area (Å²) in [5.74, 6) is 1.40. The lowest BCUT2D eigenvalue weighted by molar-refractivity contribution is -0.123. The Morgan fingerprint density at radius 1 is 1.03 bits per heavy atom. The molecule has 0 radical (unpaired) electrons. The lowest BCUT2D eigenvalue weighted by Gasteiger charge is -2.14. The molecule has 4 aromatic carbocycles. The molecule has 4 rings (SSSR count). The molecule has 0 heterocycles. The minimum absolute atomic E-state index is 0.166. The zero-order valence-electron chi connectivity index (χ0n) is 18.8. The highest BCUT2D eigenvalue weighted by Crippen LogP contribution is 2.34. The maximum atomic E-state index is 12.0. The quantitative estimate of drug-likeness (QED) is 0.141. The molecule has 0 saturated heterocycles. The predicted molar refractivity (Wildman–Crippen MR) is 147 cm³/mol. The minimum Gasteiger partial charge on any atom is -0.493 e. The standard InChI is InChI=1S/C27H22ClIN2O4/c1-33-25-14-18(15-30-31-26(32)17-34-22-11-9-21(28)10-12-22)13-24(29)27(25)35-16-20-7-4-6-19-5-2-3-8-23(19)20/h2-15H,16-17H2,1H3,(H,31,32)/b30-15-. The van der Waals surface area contributed by atoms with Crippen molar-refractivity contribution in [1.82, 2.24) is 5.43 Å². The van der Waals surface area contributed by atoms with E-state index in [1.165, 1.54) is 5.39 Å². The van der Waals surface area contributed by atoms with Crippen LogP contribution in [0.4, 0.5) is 0 Å². The van der Waals surface area contributed by atoms with Crippen molar-refractivity contribution in [2.24, 2.45) is 5.10 Å². The largest absolute Gasteiger partial charge is 0.493 e. The Labute approximate surface area is 222 Å². The van der Waals surface area contributed by atoms with Crippen molar-refractivity contribution in [2.75, 3.05) is 13.7 Å². The fourth-order valence-electron chi connectivity index (χ4n) is 3.41. The number of amides is 1. The first-order valence-electron chi connectivity index (χ1n) is 10.7. The average molecular weight is 601 g/mol. The van der Waals surface area contributed by atoms with Crippen LogP contribution in [-0.4, -0.2) is 25.8 Å². The number of ether oxygens (including phenoxy) is 3. The fourth-order valence-corrected chi connectivity index (χ4v) is 4.32. The fraction of sp³-hybridized carbons (Fsp3) is 0.111. The molecular weight excluding hydrogens is 579 g/mol. The number of hydrogen-bond acceptors (Lipinski definition) is 5. The van der Waals surface area contributed by atoms with Crippen LogP contribution in [-0.2, 0) is 11.4 Å². The molecular formula is C27H22ClIN2O4. The van der Waals surface area contributed by atoms with Gasteiger partial charge in [-0.2, -0.15) is 5.10 Å². The summed E-state index contributed by atoms with van der Waals surface area (Å²) >= 11 is 8.04. The topological polar surface area (TPSA) is 69.2 Å². The number of fused-ring (bicyclic) bond motifs is 1. The zero-order valence-corrected chi connectivity index (χ0v) is 21.7. The third kappa shape index (κ3) is 6.64. The maximum Gasteiger partial charge on any atom is 0.277 e. The number of benzene rings is 4. The molecule has 1 N–H and O–H groups in total. The van der Waals surface area contributed by atoms with E-state index in [0.717, 1.165) is 20.1 Å². The Balaban J connectivity index is 1.38. The number of hydrogen-bond donors (Lipinski definition) is 1. The Morgan fingerprint density at radius 2 is 1.80 bits per heavy atom. The van der Waals surface area contributed by atoms with E-state index in [1.54, 1.807) is 43.7 Å². The number of rotatable bonds is 9. The lowest BCUT2D eigenvalue weighted by Crippen LogP contribution is -2.24. The van der Waals surface area contributed by atoms with Crippen LogP contribution in [0.15, 0.2) is 84.0 Å². The molecule has 4 aromatic rings. The highest BCUT2D eigenvalue weighted by atomic mass is 127. The van der Waals surface area contributed by atoms with Gasteiger partial charge < -0.3 is 14.2 Å². The molecule has 6 nitrogen and oxygen atoms in total. The van der Waals surface area contributed by atoms with Gasteiger partial charge in [0.15, 0.2) is 18.1 Å². The van der Waals surface area contributed by atoms with Gasteiger partial charge in [-0.3, -0.25) is 4.79 Å². The van der Waals surface area contributed by atoms with Gasteiger partial charge in [-0.25, -0.2) is 5.43 Å². The Hall–Kier alpha value is -3.30. The first-order chi connectivity index (χ1) is 17.0. The van der Waals surface area contributed by atoms with E-state index in [1.807, 2.05) is 24.3 Å². The second kappa shape index (κ2) is 11.9. The highest BCUT2D eigenvalue weighted by molar-refractivity contribution is 14.1. The van der Waals surface area contributed by atoms with Crippen molar-refractivity contribution in [3.8, 4) is 17.2 Å². The molecule has 0 atom stereocenters. The Bertz CT molecular complexity index is 1350. The second-order valence-corrected chi connectivity index (χ2v) is 9.10. The van der Waals surface area contributed by atoms with Gasteiger partial charge in [-0.1, -0.05) is 54.1 Å². The first kappa shape index (κ1) is 24.8. The number of halogens is 2. The van der Waals surface area contributed by atoms with Gasteiger partial charge in [0.05, 0.1) is 16.9 Å². The second-order valence-electron chi connectivity index (χ2n) is 7.50. The van der Waals surface area contributed by atoms with Crippen LogP contribution in [0.25, 0.3) is 10.8 Å². The zero-order chi connectivity index (χ0) is 24.6. The van der Waals surface area contributed by atoms with Crippen LogP contribution in [0.1, 0.15) is 11.1 Å². The maximum absolute atomic E-state index is 12.0. The number of hydrazone groups is 1. The van der Waals surface area contributed by atoms with Gasteiger partial charge in [0.2, 0.25) is 0 Å². The van der Waals surface area contributed by atoms with E-state index in [-0.39, 0.29) is 12.5 Å². The van der Waals surface area contributed by atoms with Gasteiger partial charge >= 0.3 is 0 Å². The summed E-state index contributed by atoms with van der Waals surface area (Å²) < 4.78 is 18.0. The molecule has 0 aromatic heterocycles. The van der Waals surface area contributed by atoms with Gasteiger partial charge in [0.1, 0.15) is 12.4 Å². The molecule has 0 unspecified atom stereocenters. The SMILES string of the molecule is COc1cc(/C=N\NC(=O)COc2ccc(Cl)cc2)cc(I)c1OCc1cccc2ccccc12. The van der Waals surface area contributed by atoms with E-state index < -0.39 is 0 Å². The summed E-state index contributed by atoms with van der Waals surface area (Å²) in [7, 11) is 1.59. The van der Waals surface area contributed by atoms with Crippen molar-refractivity contribution >= 4 is 57.1 Å². The van der Waals surface area contributed by atoms with Crippen molar-refractivity contribution < 1.29 is 19.0 Å². The first-order valence-corrected chi connectivity index (χ1v) is 12.2. The normalized spacial score (nSPS) is 10.9. The monoisotopic (exact) mass is 600 g/mol. The van der Waals surface area contributed by atoms with Crippen LogP contribution in [0.2, 0.25) is 5.02 Å². The summed E-state index contributed by atoms with van der Waals surface area (Å²) in [5, 5.41) is 6.94. The summed E-state index contributed by atoms with van der Waals surface area (Å²) in [6.07, 6.45) is 1.54. The van der Waals surface area contributed by atoms with E-state index in [9.17, 15) is 4.79 Å². The van der Waals surface area contributed by atoms with Crippen LogP contribution >= 0.6 is 34.2 Å². The molecule has 35 heavy (non-hydrogen) atoms. The third-order valence-electron chi connectivity index (χ3n) is 5.09. The molecule has 0 aliphatic carbocycles. The molecule has 0 saturated carbocycles. The minimum atomic E-state index is -0.382. The molecule has 0 bridgehead atoms. The van der Waals surface area contributed by atoms with E-state index in [0.29, 0.717) is 28.9 Å². The van der Waals surface area contributed by atoms with Crippen molar-refractivity contribution in [1.29, 1.82) is 0 Å².